The normalized spacial score (nSPS) is 15.0. The standard InChI is InChI=1S/C19H29N3O3/c1-2-25-19(24)22-13-10-17(11-14-22)21-15-18(23)20-12-6-9-16-7-4-3-5-8-16/h3-5,7-8,17,21H,2,6,9-15H2,1H3,(H,20,23). The third-order valence-corrected chi connectivity index (χ3v) is 4.38. The van der Waals surface area contributed by atoms with Crippen LogP contribution in [0.5, 0.6) is 0 Å². The van der Waals surface area contributed by atoms with Gasteiger partial charge in [-0.15, -0.1) is 0 Å². The van der Waals surface area contributed by atoms with Crippen LogP contribution in [0.3, 0.4) is 0 Å². The van der Waals surface area contributed by atoms with Gasteiger partial charge in [0.05, 0.1) is 13.2 Å². The van der Waals surface area contributed by atoms with E-state index in [0.29, 0.717) is 32.8 Å². The van der Waals surface area contributed by atoms with Gasteiger partial charge in [0.2, 0.25) is 5.91 Å². The molecule has 0 saturated carbocycles. The second kappa shape index (κ2) is 10.7. The van der Waals surface area contributed by atoms with E-state index in [1.54, 1.807) is 4.90 Å². The van der Waals surface area contributed by atoms with Crippen molar-refractivity contribution in [2.24, 2.45) is 0 Å². The summed E-state index contributed by atoms with van der Waals surface area (Å²) in [6, 6.07) is 10.6. The molecule has 1 heterocycles. The molecule has 1 fully saturated rings. The molecule has 1 aromatic carbocycles. The first-order chi connectivity index (χ1) is 12.2. The molecule has 0 spiro atoms. The second-order valence-corrected chi connectivity index (χ2v) is 6.28. The molecule has 25 heavy (non-hydrogen) atoms. The molecule has 2 rings (SSSR count). The van der Waals surface area contributed by atoms with Gasteiger partial charge < -0.3 is 20.3 Å². The number of aryl methyl sites for hydroxylation is 1. The van der Waals surface area contributed by atoms with Gasteiger partial charge in [0.25, 0.3) is 0 Å². The van der Waals surface area contributed by atoms with Crippen LogP contribution in [-0.2, 0) is 16.0 Å². The topological polar surface area (TPSA) is 70.7 Å². The van der Waals surface area contributed by atoms with E-state index >= 15 is 0 Å². The van der Waals surface area contributed by atoms with Gasteiger partial charge in [0, 0.05) is 25.7 Å². The van der Waals surface area contributed by atoms with Crippen LogP contribution in [0.1, 0.15) is 31.7 Å². The first-order valence-electron chi connectivity index (χ1n) is 9.14. The number of likely N-dealkylation sites (tertiary alicyclic amines) is 1. The number of nitrogens with zero attached hydrogens (tertiary/aromatic N) is 1. The Morgan fingerprint density at radius 3 is 2.60 bits per heavy atom. The van der Waals surface area contributed by atoms with Gasteiger partial charge in [-0.1, -0.05) is 30.3 Å². The summed E-state index contributed by atoms with van der Waals surface area (Å²) in [5.74, 6) is 0.0286. The highest BCUT2D eigenvalue weighted by atomic mass is 16.6. The maximum absolute atomic E-state index is 11.9. The molecule has 0 aliphatic carbocycles. The molecular weight excluding hydrogens is 318 g/mol. The van der Waals surface area contributed by atoms with Crippen LogP contribution >= 0.6 is 0 Å². The SMILES string of the molecule is CCOC(=O)N1CCC(NCC(=O)NCCCc2ccccc2)CC1. The monoisotopic (exact) mass is 347 g/mol. The Balaban J connectivity index is 1.53. The third-order valence-electron chi connectivity index (χ3n) is 4.38. The molecule has 6 heteroatoms. The summed E-state index contributed by atoms with van der Waals surface area (Å²) < 4.78 is 5.00. The maximum atomic E-state index is 11.9. The first-order valence-corrected chi connectivity index (χ1v) is 9.14. The number of hydrogen-bond acceptors (Lipinski definition) is 4. The van der Waals surface area contributed by atoms with Crippen LogP contribution in [-0.4, -0.2) is 55.7 Å². The summed E-state index contributed by atoms with van der Waals surface area (Å²) in [7, 11) is 0. The van der Waals surface area contributed by atoms with E-state index in [9.17, 15) is 9.59 Å². The fourth-order valence-corrected chi connectivity index (χ4v) is 2.95. The van der Waals surface area contributed by atoms with Crippen molar-refractivity contribution >= 4 is 12.0 Å². The number of amides is 2. The number of carbonyl (C=O) groups excluding carboxylic acids is 2. The van der Waals surface area contributed by atoms with Gasteiger partial charge in [-0.05, 0) is 38.2 Å². The van der Waals surface area contributed by atoms with E-state index in [1.165, 1.54) is 5.56 Å². The van der Waals surface area contributed by atoms with Crippen molar-refractivity contribution in [1.82, 2.24) is 15.5 Å². The molecule has 0 atom stereocenters. The largest absolute Gasteiger partial charge is 0.450 e. The van der Waals surface area contributed by atoms with Gasteiger partial charge in [0.1, 0.15) is 0 Å². The van der Waals surface area contributed by atoms with E-state index in [1.807, 2.05) is 25.1 Å². The number of benzene rings is 1. The van der Waals surface area contributed by atoms with Crippen molar-refractivity contribution in [1.29, 1.82) is 0 Å². The average Bonchev–Trinajstić information content (AvgIpc) is 2.65. The summed E-state index contributed by atoms with van der Waals surface area (Å²) in [6.07, 6.45) is 3.37. The van der Waals surface area contributed by atoms with Gasteiger partial charge in [-0.25, -0.2) is 4.79 Å². The smallest absolute Gasteiger partial charge is 0.409 e. The Labute approximate surface area is 149 Å². The average molecular weight is 347 g/mol. The maximum Gasteiger partial charge on any atom is 0.409 e. The van der Waals surface area contributed by atoms with Crippen molar-refractivity contribution in [3.8, 4) is 0 Å². The summed E-state index contributed by atoms with van der Waals surface area (Å²) in [4.78, 5) is 25.3. The van der Waals surface area contributed by atoms with Crippen LogP contribution < -0.4 is 10.6 Å². The summed E-state index contributed by atoms with van der Waals surface area (Å²) >= 11 is 0. The van der Waals surface area contributed by atoms with Gasteiger partial charge >= 0.3 is 6.09 Å². The van der Waals surface area contributed by atoms with Crippen molar-refractivity contribution in [2.75, 3.05) is 32.8 Å². The van der Waals surface area contributed by atoms with Crippen molar-refractivity contribution in [3.63, 3.8) is 0 Å². The molecule has 1 aliphatic rings. The highest BCUT2D eigenvalue weighted by molar-refractivity contribution is 5.78. The lowest BCUT2D eigenvalue weighted by Crippen LogP contribution is -2.47. The molecule has 0 bridgehead atoms. The molecular formula is C19H29N3O3. The second-order valence-electron chi connectivity index (χ2n) is 6.28. The van der Waals surface area contributed by atoms with Gasteiger partial charge in [0.15, 0.2) is 0 Å². The first kappa shape index (κ1) is 19.2. The van der Waals surface area contributed by atoms with E-state index in [0.717, 1.165) is 25.7 Å². The summed E-state index contributed by atoms with van der Waals surface area (Å²) in [5, 5.41) is 6.23. The molecule has 0 aromatic heterocycles. The highest BCUT2D eigenvalue weighted by Gasteiger charge is 2.23. The van der Waals surface area contributed by atoms with Gasteiger partial charge in [-0.3, -0.25) is 4.79 Å². The molecule has 138 valence electrons. The lowest BCUT2D eigenvalue weighted by molar-refractivity contribution is -0.120. The number of hydrogen-bond donors (Lipinski definition) is 2. The minimum absolute atomic E-state index is 0.0286. The number of nitrogens with one attached hydrogen (secondary N) is 2. The van der Waals surface area contributed by atoms with Gasteiger partial charge in [-0.2, -0.15) is 0 Å². The molecule has 6 nitrogen and oxygen atoms in total. The fourth-order valence-electron chi connectivity index (χ4n) is 2.95. The molecule has 0 unspecified atom stereocenters. The minimum Gasteiger partial charge on any atom is -0.450 e. The van der Waals surface area contributed by atoms with E-state index < -0.39 is 0 Å². The van der Waals surface area contributed by atoms with Crippen LogP contribution in [0, 0.1) is 0 Å². The quantitative estimate of drug-likeness (QED) is 0.705. The Morgan fingerprint density at radius 1 is 1.20 bits per heavy atom. The summed E-state index contributed by atoms with van der Waals surface area (Å²) in [5.41, 5.74) is 1.29. The molecule has 2 N–H and O–H groups in total. The Bertz CT molecular complexity index is 528. The van der Waals surface area contributed by atoms with E-state index in [4.69, 9.17) is 4.74 Å². The number of piperidine rings is 1. The van der Waals surface area contributed by atoms with E-state index in [-0.39, 0.29) is 18.0 Å². The number of ether oxygens (including phenoxy) is 1. The molecule has 0 radical (unpaired) electrons. The van der Waals surface area contributed by atoms with Crippen LogP contribution in [0.2, 0.25) is 0 Å². The zero-order chi connectivity index (χ0) is 17.9. The molecule has 1 aliphatic heterocycles. The zero-order valence-corrected chi connectivity index (χ0v) is 15.0. The molecule has 2 amide bonds. The van der Waals surface area contributed by atoms with Crippen molar-refractivity contribution < 1.29 is 14.3 Å². The lowest BCUT2D eigenvalue weighted by Gasteiger charge is -2.31. The van der Waals surface area contributed by atoms with Crippen molar-refractivity contribution in [2.45, 2.75) is 38.6 Å². The predicted octanol–water partition coefficient (Wildman–Crippen LogP) is 1.95. The predicted molar refractivity (Wildman–Crippen MR) is 97.4 cm³/mol. The molecule has 1 aromatic rings. The minimum atomic E-state index is -0.239. The third kappa shape index (κ3) is 7.13. The lowest BCUT2D eigenvalue weighted by atomic mass is 10.1. The Kier molecular flexibility index (Phi) is 8.25. The summed E-state index contributed by atoms with van der Waals surface area (Å²) in [6.45, 7) is 4.59. The highest BCUT2D eigenvalue weighted by Crippen LogP contribution is 2.11. The Morgan fingerprint density at radius 2 is 1.92 bits per heavy atom. The molecule has 1 saturated heterocycles. The zero-order valence-electron chi connectivity index (χ0n) is 15.0. The fraction of sp³-hybridized carbons (Fsp3) is 0.579. The van der Waals surface area contributed by atoms with Crippen LogP contribution in [0.25, 0.3) is 0 Å². The van der Waals surface area contributed by atoms with Crippen LogP contribution in [0.15, 0.2) is 30.3 Å². The Hall–Kier alpha value is -2.08. The number of rotatable bonds is 8. The number of carbonyl (C=O) groups is 2. The van der Waals surface area contributed by atoms with Crippen LogP contribution in [0.4, 0.5) is 4.79 Å². The van der Waals surface area contributed by atoms with Crippen molar-refractivity contribution in [3.05, 3.63) is 35.9 Å². The van der Waals surface area contributed by atoms with E-state index in [2.05, 4.69) is 22.8 Å².